The van der Waals surface area contributed by atoms with Crippen molar-refractivity contribution in [2.75, 3.05) is 0 Å². The summed E-state index contributed by atoms with van der Waals surface area (Å²) >= 11 is 0. The standard InChI is InChI=1S/C8H14N2O8P2/c1-5-8(11)7(2-9)6(3-10-5)4-17-20(15,16)18-19(12,13)14/h3,11H,2,4,9H2,1H3,(H,15,16)(H2,12,13,14). The summed E-state index contributed by atoms with van der Waals surface area (Å²) in [6.45, 7) is 0.886. The van der Waals surface area contributed by atoms with E-state index in [1.54, 1.807) is 0 Å². The molecular weight excluding hydrogens is 314 g/mol. The molecule has 0 aliphatic carbocycles. The molecule has 1 heterocycles. The highest BCUT2D eigenvalue weighted by molar-refractivity contribution is 7.60. The lowest BCUT2D eigenvalue weighted by Crippen LogP contribution is -2.06. The summed E-state index contributed by atoms with van der Waals surface area (Å²) in [7, 11) is -10.1. The maximum absolute atomic E-state index is 11.3. The van der Waals surface area contributed by atoms with E-state index in [-0.39, 0.29) is 23.4 Å². The van der Waals surface area contributed by atoms with Gasteiger partial charge in [-0.3, -0.25) is 9.51 Å². The zero-order chi connectivity index (χ0) is 15.6. The first-order chi connectivity index (χ1) is 9.06. The van der Waals surface area contributed by atoms with Crippen LogP contribution in [-0.2, 0) is 31.1 Å². The molecule has 10 nitrogen and oxygen atoms in total. The Morgan fingerprint density at radius 1 is 1.35 bits per heavy atom. The lowest BCUT2D eigenvalue weighted by Gasteiger charge is -2.14. The third kappa shape index (κ3) is 4.93. The minimum atomic E-state index is -5.17. The molecule has 0 amide bonds. The van der Waals surface area contributed by atoms with Gasteiger partial charge in [-0.15, -0.1) is 0 Å². The Hall–Kier alpha value is -0.830. The molecular formula is C8H14N2O8P2. The van der Waals surface area contributed by atoms with E-state index < -0.39 is 22.3 Å². The van der Waals surface area contributed by atoms with Crippen molar-refractivity contribution >= 4 is 15.6 Å². The summed E-state index contributed by atoms with van der Waals surface area (Å²) in [5.41, 5.74) is 6.18. The summed E-state index contributed by atoms with van der Waals surface area (Å²) in [6, 6.07) is 0. The number of pyridine rings is 1. The van der Waals surface area contributed by atoms with Crippen LogP contribution in [0, 0.1) is 6.92 Å². The number of nitrogens with zero attached hydrogens (tertiary/aromatic N) is 1. The van der Waals surface area contributed by atoms with E-state index in [1.165, 1.54) is 13.1 Å². The molecule has 0 aliphatic heterocycles. The highest BCUT2D eigenvalue weighted by atomic mass is 31.3. The average Bonchev–Trinajstić information content (AvgIpc) is 2.27. The molecule has 114 valence electrons. The summed E-state index contributed by atoms with van der Waals surface area (Å²) < 4.78 is 29.8. The molecule has 1 unspecified atom stereocenters. The van der Waals surface area contributed by atoms with Crippen molar-refractivity contribution in [1.82, 2.24) is 4.98 Å². The van der Waals surface area contributed by atoms with Crippen molar-refractivity contribution in [3.8, 4) is 5.75 Å². The van der Waals surface area contributed by atoms with Crippen molar-refractivity contribution in [3.05, 3.63) is 23.0 Å². The van der Waals surface area contributed by atoms with Gasteiger partial charge in [0.25, 0.3) is 0 Å². The fraction of sp³-hybridized carbons (Fsp3) is 0.375. The Balaban J connectivity index is 2.88. The number of aromatic nitrogens is 1. The molecule has 0 aromatic carbocycles. The maximum Gasteiger partial charge on any atom is 0.481 e. The van der Waals surface area contributed by atoms with Crippen molar-refractivity contribution in [3.63, 3.8) is 0 Å². The van der Waals surface area contributed by atoms with Gasteiger partial charge in [0.15, 0.2) is 0 Å². The van der Waals surface area contributed by atoms with Gasteiger partial charge >= 0.3 is 15.6 Å². The smallest absolute Gasteiger partial charge is 0.481 e. The van der Waals surface area contributed by atoms with E-state index in [1.807, 2.05) is 0 Å². The van der Waals surface area contributed by atoms with Gasteiger partial charge in [-0.2, -0.15) is 4.31 Å². The van der Waals surface area contributed by atoms with Crippen LogP contribution in [0.25, 0.3) is 0 Å². The first-order valence-electron chi connectivity index (χ1n) is 5.16. The molecule has 20 heavy (non-hydrogen) atoms. The van der Waals surface area contributed by atoms with Crippen LogP contribution in [0.15, 0.2) is 6.20 Å². The Labute approximate surface area is 114 Å². The maximum atomic E-state index is 11.3. The van der Waals surface area contributed by atoms with E-state index >= 15 is 0 Å². The normalized spacial score (nSPS) is 15.1. The zero-order valence-electron chi connectivity index (χ0n) is 10.3. The minimum absolute atomic E-state index is 0.0804. The van der Waals surface area contributed by atoms with Gasteiger partial charge in [0, 0.05) is 23.9 Å². The molecule has 1 atom stereocenters. The fourth-order valence-corrected chi connectivity index (χ4v) is 2.91. The molecule has 0 spiro atoms. The second-order valence-electron chi connectivity index (χ2n) is 3.71. The molecule has 12 heteroatoms. The summed E-state index contributed by atoms with van der Waals surface area (Å²) in [4.78, 5) is 29.8. The van der Waals surface area contributed by atoms with Gasteiger partial charge in [-0.25, -0.2) is 9.13 Å². The van der Waals surface area contributed by atoms with Crippen LogP contribution in [0.3, 0.4) is 0 Å². The zero-order valence-corrected chi connectivity index (χ0v) is 12.1. The van der Waals surface area contributed by atoms with Crippen molar-refractivity contribution in [2.24, 2.45) is 5.73 Å². The molecule has 1 rings (SSSR count). The number of phosphoric ester groups is 1. The molecule has 0 saturated heterocycles. The predicted molar refractivity (Wildman–Crippen MR) is 66.3 cm³/mol. The molecule has 0 saturated carbocycles. The molecule has 1 aromatic rings. The Morgan fingerprint density at radius 2 is 1.95 bits per heavy atom. The molecule has 6 N–H and O–H groups in total. The van der Waals surface area contributed by atoms with Crippen LogP contribution in [0.4, 0.5) is 0 Å². The number of rotatable bonds is 6. The molecule has 1 aromatic heterocycles. The van der Waals surface area contributed by atoms with E-state index in [0.717, 1.165) is 0 Å². The number of phosphoric acid groups is 2. The minimum Gasteiger partial charge on any atom is -0.506 e. The van der Waals surface area contributed by atoms with Crippen LogP contribution in [0.5, 0.6) is 5.75 Å². The van der Waals surface area contributed by atoms with Gasteiger partial charge in [0.1, 0.15) is 5.75 Å². The highest BCUT2D eigenvalue weighted by Gasteiger charge is 2.32. The first-order valence-corrected chi connectivity index (χ1v) is 8.19. The monoisotopic (exact) mass is 328 g/mol. The van der Waals surface area contributed by atoms with Crippen molar-refractivity contribution in [1.29, 1.82) is 0 Å². The number of nitrogens with two attached hydrogens (primary N) is 1. The first kappa shape index (κ1) is 17.2. The van der Waals surface area contributed by atoms with Gasteiger partial charge in [-0.1, -0.05) is 0 Å². The van der Waals surface area contributed by atoms with Crippen molar-refractivity contribution in [2.45, 2.75) is 20.1 Å². The quantitative estimate of drug-likeness (QED) is 0.456. The van der Waals surface area contributed by atoms with Gasteiger partial charge in [0.2, 0.25) is 0 Å². The molecule has 0 radical (unpaired) electrons. The third-order valence-electron chi connectivity index (χ3n) is 2.23. The van der Waals surface area contributed by atoms with E-state index in [2.05, 4.69) is 13.8 Å². The van der Waals surface area contributed by atoms with Crippen LogP contribution in [0.2, 0.25) is 0 Å². The van der Waals surface area contributed by atoms with Crippen LogP contribution >= 0.6 is 15.6 Å². The lowest BCUT2D eigenvalue weighted by atomic mass is 10.1. The average molecular weight is 328 g/mol. The van der Waals surface area contributed by atoms with Crippen LogP contribution in [-0.4, -0.2) is 24.8 Å². The van der Waals surface area contributed by atoms with E-state index in [0.29, 0.717) is 5.69 Å². The number of aromatic hydroxyl groups is 1. The number of aryl methyl sites for hydroxylation is 1. The second kappa shape index (κ2) is 6.30. The molecule has 0 fully saturated rings. The second-order valence-corrected chi connectivity index (χ2v) is 6.54. The topological polar surface area (TPSA) is 172 Å². The van der Waals surface area contributed by atoms with Gasteiger partial charge < -0.3 is 25.5 Å². The number of hydrogen-bond acceptors (Lipinski definition) is 7. The highest BCUT2D eigenvalue weighted by Crippen LogP contribution is 2.57. The Bertz CT molecular complexity index is 586. The van der Waals surface area contributed by atoms with Gasteiger partial charge in [0.05, 0.1) is 12.3 Å². The van der Waals surface area contributed by atoms with E-state index in [4.69, 9.17) is 20.4 Å². The molecule has 0 bridgehead atoms. The third-order valence-corrected chi connectivity index (χ3v) is 4.36. The summed E-state index contributed by atoms with van der Waals surface area (Å²) in [5, 5.41) is 9.71. The van der Waals surface area contributed by atoms with Gasteiger partial charge in [-0.05, 0) is 6.92 Å². The Morgan fingerprint density at radius 3 is 2.45 bits per heavy atom. The largest absolute Gasteiger partial charge is 0.506 e. The lowest BCUT2D eigenvalue weighted by molar-refractivity contribution is 0.171. The van der Waals surface area contributed by atoms with Crippen LogP contribution < -0.4 is 5.73 Å². The Kier molecular flexibility index (Phi) is 5.42. The SMILES string of the molecule is Cc1ncc(COP(=O)(O)OP(=O)(O)O)c(CN)c1O. The predicted octanol–water partition coefficient (Wildman–Crippen LogP) is 0.281. The fourth-order valence-electron chi connectivity index (χ4n) is 1.35. The van der Waals surface area contributed by atoms with Crippen LogP contribution in [0.1, 0.15) is 16.8 Å². The summed E-state index contributed by atoms with van der Waals surface area (Å²) in [5.74, 6) is -0.183. The van der Waals surface area contributed by atoms with Crippen molar-refractivity contribution < 1.29 is 37.8 Å². The summed E-state index contributed by atoms with van der Waals surface area (Å²) in [6.07, 6.45) is 1.26. The van der Waals surface area contributed by atoms with E-state index in [9.17, 15) is 14.2 Å². The molecule has 0 aliphatic rings. The number of hydrogen-bond donors (Lipinski definition) is 5.